The molecule has 1 fully saturated rings. The fourth-order valence-electron chi connectivity index (χ4n) is 3.04. The Bertz CT molecular complexity index is 555. The second-order valence-electron chi connectivity index (χ2n) is 6.29. The van der Waals surface area contributed by atoms with Gasteiger partial charge in [0.15, 0.2) is 0 Å². The first-order valence-corrected chi connectivity index (χ1v) is 9.97. The number of sulfonamides is 1. The summed E-state index contributed by atoms with van der Waals surface area (Å²) in [7, 11) is -3.25. The van der Waals surface area contributed by atoms with Crippen molar-refractivity contribution in [2.45, 2.75) is 57.2 Å². The molecule has 1 aromatic carbocycles. The summed E-state index contributed by atoms with van der Waals surface area (Å²) in [6.45, 7) is 3.14. The normalized spacial score (nSPS) is 16.6. The van der Waals surface area contributed by atoms with Crippen LogP contribution >= 0.6 is 12.4 Å². The van der Waals surface area contributed by atoms with E-state index in [1.807, 2.05) is 31.2 Å². The molecule has 0 bridgehead atoms. The van der Waals surface area contributed by atoms with Crippen LogP contribution < -0.4 is 10.0 Å². The third kappa shape index (κ3) is 8.15. The van der Waals surface area contributed by atoms with Crippen molar-refractivity contribution in [3.63, 3.8) is 0 Å². The van der Waals surface area contributed by atoms with Crippen molar-refractivity contribution in [1.82, 2.24) is 10.0 Å². The van der Waals surface area contributed by atoms with Crippen LogP contribution in [-0.4, -0.2) is 27.5 Å². The molecule has 2 rings (SSSR count). The van der Waals surface area contributed by atoms with Crippen molar-refractivity contribution in [2.24, 2.45) is 0 Å². The third-order valence-electron chi connectivity index (χ3n) is 4.17. The highest BCUT2D eigenvalue weighted by Crippen LogP contribution is 2.16. The summed E-state index contributed by atoms with van der Waals surface area (Å²) in [4.78, 5) is 0. The zero-order chi connectivity index (χ0) is 15.8. The van der Waals surface area contributed by atoms with Crippen LogP contribution in [0.3, 0.4) is 0 Å². The van der Waals surface area contributed by atoms with Crippen LogP contribution in [0.2, 0.25) is 0 Å². The van der Waals surface area contributed by atoms with Gasteiger partial charge >= 0.3 is 0 Å². The maximum absolute atomic E-state index is 12.1. The Balaban J connectivity index is 0.00000264. The number of rotatable bonds is 7. The molecule has 0 aliphatic heterocycles. The molecule has 0 atom stereocenters. The Morgan fingerprint density at radius 2 is 1.78 bits per heavy atom. The maximum Gasteiger partial charge on any atom is 0.215 e. The van der Waals surface area contributed by atoms with E-state index in [4.69, 9.17) is 0 Å². The molecule has 1 saturated carbocycles. The lowest BCUT2D eigenvalue weighted by Crippen LogP contribution is -2.37. The molecule has 0 heterocycles. The van der Waals surface area contributed by atoms with E-state index < -0.39 is 10.0 Å². The average molecular weight is 361 g/mol. The van der Waals surface area contributed by atoms with E-state index in [9.17, 15) is 8.42 Å². The van der Waals surface area contributed by atoms with Gasteiger partial charge in [-0.3, -0.25) is 0 Å². The van der Waals surface area contributed by atoms with Gasteiger partial charge in [-0.25, -0.2) is 13.1 Å². The first-order valence-electron chi connectivity index (χ1n) is 8.31. The number of nitrogens with one attached hydrogen (secondary N) is 2. The monoisotopic (exact) mass is 360 g/mol. The molecule has 0 saturated heterocycles. The van der Waals surface area contributed by atoms with Crippen molar-refractivity contribution >= 4 is 22.4 Å². The van der Waals surface area contributed by atoms with E-state index in [2.05, 4.69) is 10.0 Å². The van der Waals surface area contributed by atoms with Crippen molar-refractivity contribution in [3.05, 3.63) is 35.4 Å². The Kier molecular flexibility index (Phi) is 9.14. The number of hydrogen-bond donors (Lipinski definition) is 2. The zero-order valence-corrected chi connectivity index (χ0v) is 15.5. The molecule has 0 aromatic heterocycles. The summed E-state index contributed by atoms with van der Waals surface area (Å²) in [6.07, 6.45) is 7.68. The lowest BCUT2D eigenvalue weighted by molar-refractivity contribution is 0.461. The fourth-order valence-corrected chi connectivity index (χ4v) is 4.17. The van der Waals surface area contributed by atoms with Gasteiger partial charge in [-0.15, -0.1) is 12.4 Å². The molecule has 4 nitrogen and oxygen atoms in total. The zero-order valence-electron chi connectivity index (χ0n) is 13.9. The lowest BCUT2D eigenvalue weighted by Gasteiger charge is -2.16. The number of halogens is 1. The van der Waals surface area contributed by atoms with Gasteiger partial charge in [0.2, 0.25) is 10.0 Å². The van der Waals surface area contributed by atoms with Crippen LogP contribution in [0.5, 0.6) is 0 Å². The van der Waals surface area contributed by atoms with Crippen molar-refractivity contribution in [3.8, 4) is 0 Å². The quantitative estimate of drug-likeness (QED) is 0.580. The molecule has 23 heavy (non-hydrogen) atoms. The Labute approximate surface area is 146 Å². The number of aryl methyl sites for hydroxylation is 1. The molecule has 0 spiro atoms. The smallest absolute Gasteiger partial charge is 0.215 e. The predicted octanol–water partition coefficient (Wildman–Crippen LogP) is 3.15. The summed E-state index contributed by atoms with van der Waals surface area (Å²) in [5.74, 6) is 0.0537. The lowest BCUT2D eigenvalue weighted by atomic mass is 10.1. The van der Waals surface area contributed by atoms with Gasteiger partial charge in [0.1, 0.15) is 0 Å². The average Bonchev–Trinajstić information content (AvgIpc) is 2.72. The summed E-state index contributed by atoms with van der Waals surface area (Å²) < 4.78 is 26.8. The third-order valence-corrected chi connectivity index (χ3v) is 5.53. The largest absolute Gasteiger partial charge is 0.313 e. The summed E-state index contributed by atoms with van der Waals surface area (Å²) in [6, 6.07) is 8.20. The van der Waals surface area contributed by atoms with Crippen molar-refractivity contribution in [2.75, 3.05) is 13.1 Å². The molecular formula is C17H29ClN2O2S. The Hall–Kier alpha value is -0.620. The second-order valence-corrected chi connectivity index (χ2v) is 8.09. The van der Waals surface area contributed by atoms with E-state index in [1.54, 1.807) is 0 Å². The van der Waals surface area contributed by atoms with Gasteiger partial charge in [0.05, 0.1) is 5.75 Å². The van der Waals surface area contributed by atoms with E-state index in [0.717, 1.165) is 11.1 Å². The summed E-state index contributed by atoms with van der Waals surface area (Å²) in [5.41, 5.74) is 1.92. The SMILES string of the molecule is Cc1cccc(CS(=O)(=O)NCCNC2CCCCCC2)c1.Cl. The van der Waals surface area contributed by atoms with Gasteiger partial charge in [-0.2, -0.15) is 0 Å². The maximum atomic E-state index is 12.1. The van der Waals surface area contributed by atoms with Crippen molar-refractivity contribution < 1.29 is 8.42 Å². The van der Waals surface area contributed by atoms with Crippen LogP contribution in [0.15, 0.2) is 24.3 Å². The van der Waals surface area contributed by atoms with Crippen LogP contribution in [0.25, 0.3) is 0 Å². The molecule has 0 amide bonds. The molecule has 132 valence electrons. The fraction of sp³-hybridized carbons (Fsp3) is 0.647. The van der Waals surface area contributed by atoms with E-state index in [0.29, 0.717) is 19.1 Å². The van der Waals surface area contributed by atoms with Gasteiger partial charge in [-0.1, -0.05) is 55.5 Å². The minimum absolute atomic E-state index is 0. The molecule has 0 unspecified atom stereocenters. The molecule has 1 aliphatic rings. The molecule has 1 aromatic rings. The van der Waals surface area contributed by atoms with E-state index in [-0.39, 0.29) is 18.2 Å². The summed E-state index contributed by atoms with van der Waals surface area (Å²) in [5, 5.41) is 3.48. The minimum atomic E-state index is -3.25. The van der Waals surface area contributed by atoms with Crippen LogP contribution in [0.4, 0.5) is 0 Å². The van der Waals surface area contributed by atoms with Gasteiger partial charge in [0.25, 0.3) is 0 Å². The highest BCUT2D eigenvalue weighted by atomic mass is 35.5. The Morgan fingerprint density at radius 1 is 1.09 bits per heavy atom. The number of benzene rings is 1. The topological polar surface area (TPSA) is 58.2 Å². The molecular weight excluding hydrogens is 332 g/mol. The highest BCUT2D eigenvalue weighted by Gasteiger charge is 2.13. The van der Waals surface area contributed by atoms with Crippen LogP contribution in [0, 0.1) is 6.92 Å². The van der Waals surface area contributed by atoms with Crippen LogP contribution in [0.1, 0.15) is 49.7 Å². The minimum Gasteiger partial charge on any atom is -0.313 e. The number of hydrogen-bond acceptors (Lipinski definition) is 3. The first kappa shape index (κ1) is 20.4. The summed E-state index contributed by atoms with van der Waals surface area (Å²) >= 11 is 0. The highest BCUT2D eigenvalue weighted by molar-refractivity contribution is 7.88. The molecule has 1 aliphatic carbocycles. The van der Waals surface area contributed by atoms with Crippen molar-refractivity contribution in [1.29, 1.82) is 0 Å². The van der Waals surface area contributed by atoms with Gasteiger partial charge in [0, 0.05) is 19.1 Å². The molecule has 6 heteroatoms. The predicted molar refractivity (Wildman–Crippen MR) is 98.5 cm³/mol. The van der Waals surface area contributed by atoms with Gasteiger partial charge in [-0.05, 0) is 25.3 Å². The first-order chi connectivity index (χ1) is 10.6. The van der Waals surface area contributed by atoms with E-state index in [1.165, 1.54) is 38.5 Å². The molecule has 0 radical (unpaired) electrons. The second kappa shape index (κ2) is 10.3. The van der Waals surface area contributed by atoms with E-state index >= 15 is 0 Å². The van der Waals surface area contributed by atoms with Crippen LogP contribution in [-0.2, 0) is 15.8 Å². The molecule has 2 N–H and O–H groups in total. The standard InChI is InChI=1S/C17H28N2O2S.ClH/c1-15-7-6-8-16(13-15)14-22(20,21)19-12-11-18-17-9-4-2-3-5-10-17;/h6-8,13,17-19H,2-5,9-12,14H2,1H3;1H. The Morgan fingerprint density at radius 3 is 2.43 bits per heavy atom. The van der Waals surface area contributed by atoms with Gasteiger partial charge < -0.3 is 5.32 Å².